The van der Waals surface area contributed by atoms with Gasteiger partial charge in [-0.2, -0.15) is 0 Å². The first kappa shape index (κ1) is 19.0. The minimum Gasteiger partial charge on any atom is -0.444 e. The summed E-state index contributed by atoms with van der Waals surface area (Å²) in [6.45, 7) is 8.30. The lowest BCUT2D eigenvalue weighted by Crippen LogP contribution is -2.38. The number of carbonyl (C=O) groups excluding carboxylic acids is 1. The van der Waals surface area contributed by atoms with Crippen molar-refractivity contribution < 1.29 is 9.21 Å². The van der Waals surface area contributed by atoms with E-state index in [9.17, 15) is 4.79 Å². The van der Waals surface area contributed by atoms with E-state index in [-0.39, 0.29) is 5.91 Å². The van der Waals surface area contributed by atoms with Crippen LogP contribution in [0.25, 0.3) is 0 Å². The van der Waals surface area contributed by atoms with Crippen molar-refractivity contribution in [1.29, 1.82) is 0 Å². The van der Waals surface area contributed by atoms with Crippen LogP contribution < -0.4 is 16.0 Å². The SMILES string of the molecule is CCNC(=NCc1nc(C)c(C)o1)NCCCNC(=O)c1cccs1. The Balaban J connectivity index is 1.71. The van der Waals surface area contributed by atoms with Gasteiger partial charge < -0.3 is 20.4 Å². The number of aromatic nitrogens is 1. The first-order valence-corrected chi connectivity index (χ1v) is 9.25. The molecule has 2 heterocycles. The van der Waals surface area contributed by atoms with Crippen molar-refractivity contribution in [2.45, 2.75) is 33.7 Å². The Labute approximate surface area is 151 Å². The summed E-state index contributed by atoms with van der Waals surface area (Å²) in [5.41, 5.74) is 0.893. The fourth-order valence-electron chi connectivity index (χ4n) is 2.09. The number of thiophene rings is 1. The van der Waals surface area contributed by atoms with Gasteiger partial charge >= 0.3 is 0 Å². The fourth-order valence-corrected chi connectivity index (χ4v) is 2.73. The number of rotatable bonds is 8. The first-order chi connectivity index (χ1) is 12.1. The van der Waals surface area contributed by atoms with E-state index in [4.69, 9.17) is 4.42 Å². The number of nitrogens with one attached hydrogen (secondary N) is 3. The Kier molecular flexibility index (Phi) is 7.46. The van der Waals surface area contributed by atoms with Gasteiger partial charge in [-0.15, -0.1) is 11.3 Å². The van der Waals surface area contributed by atoms with Crippen LogP contribution in [-0.2, 0) is 6.54 Å². The molecule has 0 fully saturated rings. The number of hydrogen-bond donors (Lipinski definition) is 3. The highest BCUT2D eigenvalue weighted by atomic mass is 32.1. The van der Waals surface area contributed by atoms with Crippen LogP contribution in [0.2, 0.25) is 0 Å². The molecule has 2 rings (SSSR count). The molecular formula is C17H25N5O2S. The number of carbonyl (C=O) groups is 1. The van der Waals surface area contributed by atoms with Gasteiger partial charge in [0.15, 0.2) is 5.96 Å². The number of oxazole rings is 1. The zero-order valence-electron chi connectivity index (χ0n) is 14.9. The molecule has 7 nitrogen and oxygen atoms in total. The molecule has 0 saturated heterocycles. The molecule has 0 aliphatic rings. The van der Waals surface area contributed by atoms with Crippen LogP contribution in [0.4, 0.5) is 0 Å². The summed E-state index contributed by atoms with van der Waals surface area (Å²) in [4.78, 5) is 21.3. The molecule has 0 aliphatic carbocycles. The number of aryl methyl sites for hydroxylation is 2. The van der Waals surface area contributed by atoms with E-state index in [2.05, 4.69) is 25.9 Å². The second-order valence-electron chi connectivity index (χ2n) is 5.46. The smallest absolute Gasteiger partial charge is 0.261 e. The molecule has 0 spiro atoms. The molecular weight excluding hydrogens is 338 g/mol. The second kappa shape index (κ2) is 9.83. The van der Waals surface area contributed by atoms with E-state index in [1.54, 1.807) is 0 Å². The van der Waals surface area contributed by atoms with Crippen LogP contribution in [0, 0.1) is 13.8 Å². The molecule has 0 unspecified atom stereocenters. The Morgan fingerprint density at radius 2 is 2.08 bits per heavy atom. The lowest BCUT2D eigenvalue weighted by atomic mass is 10.4. The Bertz CT molecular complexity index is 674. The van der Waals surface area contributed by atoms with Crippen molar-refractivity contribution in [2.75, 3.05) is 19.6 Å². The minimum absolute atomic E-state index is 0.0230. The average molecular weight is 363 g/mol. The van der Waals surface area contributed by atoms with Gasteiger partial charge in [-0.25, -0.2) is 9.98 Å². The fraction of sp³-hybridized carbons (Fsp3) is 0.471. The zero-order chi connectivity index (χ0) is 18.1. The van der Waals surface area contributed by atoms with Crippen molar-refractivity contribution in [2.24, 2.45) is 4.99 Å². The number of guanidine groups is 1. The third kappa shape index (κ3) is 6.22. The molecule has 136 valence electrons. The summed E-state index contributed by atoms with van der Waals surface area (Å²) in [6.07, 6.45) is 0.804. The second-order valence-corrected chi connectivity index (χ2v) is 6.41. The Morgan fingerprint density at radius 1 is 1.28 bits per heavy atom. The van der Waals surface area contributed by atoms with Crippen molar-refractivity contribution in [3.63, 3.8) is 0 Å². The topological polar surface area (TPSA) is 91.6 Å². The first-order valence-electron chi connectivity index (χ1n) is 8.37. The molecule has 2 aromatic rings. The van der Waals surface area contributed by atoms with Crippen LogP contribution in [0.3, 0.4) is 0 Å². The van der Waals surface area contributed by atoms with E-state index in [0.717, 1.165) is 29.3 Å². The Hall–Kier alpha value is -2.35. The van der Waals surface area contributed by atoms with Gasteiger partial charge in [0.05, 0.1) is 10.6 Å². The molecule has 0 radical (unpaired) electrons. The molecule has 0 aromatic carbocycles. The van der Waals surface area contributed by atoms with Gasteiger partial charge in [0.25, 0.3) is 5.91 Å². The number of nitrogens with zero attached hydrogens (tertiary/aromatic N) is 2. The van der Waals surface area contributed by atoms with E-state index in [1.165, 1.54) is 11.3 Å². The maximum Gasteiger partial charge on any atom is 0.261 e. The van der Waals surface area contributed by atoms with E-state index in [1.807, 2.05) is 38.3 Å². The number of aliphatic imine (C=N–C) groups is 1. The van der Waals surface area contributed by atoms with Crippen molar-refractivity contribution in [1.82, 2.24) is 20.9 Å². The molecule has 1 amide bonds. The molecule has 8 heteroatoms. The van der Waals surface area contributed by atoms with Crippen LogP contribution in [-0.4, -0.2) is 36.5 Å². The van der Waals surface area contributed by atoms with Crippen molar-refractivity contribution in [3.05, 3.63) is 39.7 Å². The summed E-state index contributed by atoms with van der Waals surface area (Å²) in [5, 5.41) is 11.2. The normalized spacial score (nSPS) is 11.4. The molecule has 0 aliphatic heterocycles. The highest BCUT2D eigenvalue weighted by Crippen LogP contribution is 2.09. The summed E-state index contributed by atoms with van der Waals surface area (Å²) >= 11 is 1.44. The quantitative estimate of drug-likeness (QED) is 0.380. The molecule has 0 bridgehead atoms. The van der Waals surface area contributed by atoms with Crippen LogP contribution in [0.15, 0.2) is 26.9 Å². The van der Waals surface area contributed by atoms with Gasteiger partial charge in [0.2, 0.25) is 5.89 Å². The van der Waals surface area contributed by atoms with Crippen molar-refractivity contribution in [3.8, 4) is 0 Å². The van der Waals surface area contributed by atoms with Crippen LogP contribution in [0.5, 0.6) is 0 Å². The Morgan fingerprint density at radius 3 is 2.72 bits per heavy atom. The highest BCUT2D eigenvalue weighted by Gasteiger charge is 2.06. The van der Waals surface area contributed by atoms with Gasteiger partial charge in [-0.05, 0) is 38.6 Å². The standard InChI is InChI=1S/C17H25N5O2S/c1-4-18-17(21-11-15-22-12(2)13(3)24-15)20-9-6-8-19-16(23)14-7-5-10-25-14/h5,7,10H,4,6,8-9,11H2,1-3H3,(H,19,23)(H2,18,20,21). The van der Waals surface area contributed by atoms with Gasteiger partial charge in [-0.3, -0.25) is 4.79 Å². The summed E-state index contributed by atoms with van der Waals surface area (Å²) in [5.74, 6) is 2.12. The summed E-state index contributed by atoms with van der Waals surface area (Å²) in [6, 6.07) is 3.69. The van der Waals surface area contributed by atoms with Crippen LogP contribution in [0.1, 0.15) is 40.4 Å². The largest absolute Gasteiger partial charge is 0.444 e. The maximum atomic E-state index is 11.8. The van der Waals surface area contributed by atoms with Gasteiger partial charge in [0.1, 0.15) is 12.3 Å². The van der Waals surface area contributed by atoms with E-state index < -0.39 is 0 Å². The number of hydrogen-bond acceptors (Lipinski definition) is 5. The van der Waals surface area contributed by atoms with E-state index in [0.29, 0.717) is 31.5 Å². The lowest BCUT2D eigenvalue weighted by molar-refractivity contribution is 0.0957. The van der Waals surface area contributed by atoms with Crippen molar-refractivity contribution >= 4 is 23.2 Å². The zero-order valence-corrected chi connectivity index (χ0v) is 15.7. The number of amides is 1. The van der Waals surface area contributed by atoms with Gasteiger partial charge in [0, 0.05) is 19.6 Å². The molecule has 3 N–H and O–H groups in total. The maximum absolute atomic E-state index is 11.8. The molecule has 0 saturated carbocycles. The molecule has 0 atom stereocenters. The summed E-state index contributed by atoms with van der Waals surface area (Å²) < 4.78 is 5.53. The lowest BCUT2D eigenvalue weighted by Gasteiger charge is -2.11. The molecule has 25 heavy (non-hydrogen) atoms. The third-order valence-electron chi connectivity index (χ3n) is 3.47. The minimum atomic E-state index is -0.0230. The van der Waals surface area contributed by atoms with E-state index >= 15 is 0 Å². The third-order valence-corrected chi connectivity index (χ3v) is 4.33. The monoisotopic (exact) mass is 363 g/mol. The van der Waals surface area contributed by atoms with Crippen LogP contribution >= 0.6 is 11.3 Å². The molecule has 2 aromatic heterocycles. The van der Waals surface area contributed by atoms with Gasteiger partial charge in [-0.1, -0.05) is 6.07 Å². The predicted molar refractivity (Wildman–Crippen MR) is 100 cm³/mol. The predicted octanol–water partition coefficient (Wildman–Crippen LogP) is 2.23. The average Bonchev–Trinajstić information content (AvgIpc) is 3.22. The highest BCUT2D eigenvalue weighted by molar-refractivity contribution is 7.12. The summed E-state index contributed by atoms with van der Waals surface area (Å²) in [7, 11) is 0.